The van der Waals surface area contributed by atoms with Crippen molar-refractivity contribution in [3.05, 3.63) is 0 Å². The van der Waals surface area contributed by atoms with E-state index in [1.165, 1.54) is 0 Å². The van der Waals surface area contributed by atoms with Gasteiger partial charge in [0.05, 0.1) is 27.2 Å². The minimum Gasteiger partial charge on any atom is -0.379 e. The third-order valence-electron chi connectivity index (χ3n) is 1.86. The maximum Gasteiger partial charge on any atom is 0.270 e. The molecule has 0 aliphatic carbocycles. The van der Waals surface area contributed by atoms with Crippen molar-refractivity contribution in [3.63, 3.8) is 0 Å². The lowest BCUT2D eigenvalue weighted by molar-refractivity contribution is -0.888. The Kier molecular flexibility index (Phi) is 4.83. The van der Waals surface area contributed by atoms with E-state index in [1.54, 1.807) is 7.11 Å². The molecule has 0 aliphatic rings. The van der Waals surface area contributed by atoms with Gasteiger partial charge in [0.2, 0.25) is 0 Å². The van der Waals surface area contributed by atoms with E-state index in [0.29, 0.717) is 17.6 Å². The van der Waals surface area contributed by atoms with E-state index in [0.717, 1.165) is 6.54 Å². The van der Waals surface area contributed by atoms with Gasteiger partial charge < -0.3 is 9.22 Å². The molecule has 0 heterocycles. The van der Waals surface area contributed by atoms with E-state index in [4.69, 9.17) is 9.29 Å². The molecule has 80 valence electrons. The number of methoxy groups -OCH3 is 1. The zero-order chi connectivity index (χ0) is 10.5. The maximum absolute atomic E-state index is 10.5. The first-order valence-corrected chi connectivity index (χ1v) is 5.64. The van der Waals surface area contributed by atoms with Crippen molar-refractivity contribution in [2.45, 2.75) is 0 Å². The van der Waals surface area contributed by atoms with Crippen molar-refractivity contribution >= 4 is 10.1 Å². The lowest BCUT2D eigenvalue weighted by Gasteiger charge is -2.28. The quantitative estimate of drug-likeness (QED) is 0.480. The van der Waals surface area contributed by atoms with Crippen LogP contribution in [-0.4, -0.2) is 64.1 Å². The molecule has 6 heteroatoms. The van der Waals surface area contributed by atoms with Crippen LogP contribution in [0.3, 0.4) is 0 Å². The Bertz CT molecular complexity index is 235. The van der Waals surface area contributed by atoms with E-state index in [1.807, 2.05) is 14.1 Å². The molecule has 0 saturated heterocycles. The molecule has 0 aromatic heterocycles. The average molecular weight is 212 g/mol. The summed E-state index contributed by atoms with van der Waals surface area (Å²) in [6.45, 7) is 1.70. The van der Waals surface area contributed by atoms with Crippen molar-refractivity contribution in [2.24, 2.45) is 0 Å². The SMILES string of the molecule is COCC[N+](C)(C)CCS(=O)(=O)O. The second-order valence-electron chi connectivity index (χ2n) is 3.66. The third-order valence-corrected chi connectivity index (χ3v) is 2.55. The molecule has 0 unspecified atom stereocenters. The van der Waals surface area contributed by atoms with Gasteiger partial charge in [0, 0.05) is 7.11 Å². The minimum absolute atomic E-state index is 0.205. The number of rotatable bonds is 6. The fourth-order valence-corrected chi connectivity index (χ4v) is 1.54. The molecular formula is C7H18NO4S+. The lowest BCUT2D eigenvalue weighted by Crippen LogP contribution is -2.45. The topological polar surface area (TPSA) is 63.6 Å². The summed E-state index contributed by atoms with van der Waals surface area (Å²) in [5.41, 5.74) is 0. The highest BCUT2D eigenvalue weighted by Crippen LogP contribution is 1.97. The highest BCUT2D eigenvalue weighted by molar-refractivity contribution is 7.85. The van der Waals surface area contributed by atoms with Gasteiger partial charge in [-0.1, -0.05) is 0 Å². The molecule has 13 heavy (non-hydrogen) atoms. The molecule has 0 aliphatic heterocycles. The van der Waals surface area contributed by atoms with Crippen LogP contribution in [0.2, 0.25) is 0 Å². The van der Waals surface area contributed by atoms with Crippen LogP contribution in [0.1, 0.15) is 0 Å². The minimum atomic E-state index is -3.84. The molecule has 0 amide bonds. The molecule has 0 atom stereocenters. The van der Waals surface area contributed by atoms with Crippen LogP contribution in [0.15, 0.2) is 0 Å². The van der Waals surface area contributed by atoms with Crippen LogP contribution in [0, 0.1) is 0 Å². The van der Waals surface area contributed by atoms with Gasteiger partial charge in [-0.25, -0.2) is 0 Å². The summed E-state index contributed by atoms with van der Waals surface area (Å²) < 4.78 is 34.9. The lowest BCUT2D eigenvalue weighted by atomic mass is 10.4. The van der Waals surface area contributed by atoms with Gasteiger partial charge in [-0.05, 0) is 0 Å². The number of quaternary nitrogens is 1. The molecule has 0 fully saturated rings. The number of ether oxygens (including phenoxy) is 1. The summed E-state index contributed by atoms with van der Waals surface area (Å²) in [4.78, 5) is 0. The first-order valence-electron chi connectivity index (χ1n) is 4.03. The summed E-state index contributed by atoms with van der Waals surface area (Å²) in [5, 5.41) is 0. The van der Waals surface area contributed by atoms with Crippen molar-refractivity contribution in [1.82, 2.24) is 0 Å². The monoisotopic (exact) mass is 212 g/mol. The maximum atomic E-state index is 10.5. The summed E-state index contributed by atoms with van der Waals surface area (Å²) in [5.74, 6) is -0.205. The Morgan fingerprint density at radius 2 is 1.85 bits per heavy atom. The Hall–Kier alpha value is -0.170. The first-order chi connectivity index (χ1) is 5.77. The molecule has 0 spiro atoms. The zero-order valence-electron chi connectivity index (χ0n) is 8.36. The molecule has 5 nitrogen and oxygen atoms in total. The predicted molar refractivity (Wildman–Crippen MR) is 50.1 cm³/mol. The number of hydrogen-bond acceptors (Lipinski definition) is 3. The van der Waals surface area contributed by atoms with Crippen LogP contribution in [0.5, 0.6) is 0 Å². The molecule has 0 radical (unpaired) electrons. The molecule has 0 rings (SSSR count). The fraction of sp³-hybridized carbons (Fsp3) is 1.00. The third kappa shape index (κ3) is 8.17. The van der Waals surface area contributed by atoms with Gasteiger partial charge in [0.1, 0.15) is 12.3 Å². The smallest absolute Gasteiger partial charge is 0.270 e. The first kappa shape index (κ1) is 12.8. The van der Waals surface area contributed by atoms with E-state index in [2.05, 4.69) is 0 Å². The van der Waals surface area contributed by atoms with Crippen LogP contribution in [0.4, 0.5) is 0 Å². The Morgan fingerprint density at radius 3 is 2.23 bits per heavy atom. The number of hydrogen-bond donors (Lipinski definition) is 1. The van der Waals surface area contributed by atoms with E-state index < -0.39 is 10.1 Å². The van der Waals surface area contributed by atoms with Gasteiger partial charge in [-0.2, -0.15) is 8.42 Å². The van der Waals surface area contributed by atoms with Crippen molar-refractivity contribution < 1.29 is 22.2 Å². The van der Waals surface area contributed by atoms with Gasteiger partial charge in [0.15, 0.2) is 0 Å². The van der Waals surface area contributed by atoms with Gasteiger partial charge in [-0.15, -0.1) is 0 Å². The predicted octanol–water partition coefficient (Wildman–Crippen LogP) is -0.403. The fourth-order valence-electron chi connectivity index (χ4n) is 0.813. The number of nitrogens with zero attached hydrogens (tertiary/aromatic N) is 1. The Morgan fingerprint density at radius 1 is 1.31 bits per heavy atom. The Labute approximate surface area is 79.6 Å². The summed E-state index contributed by atoms with van der Waals surface area (Å²) >= 11 is 0. The average Bonchev–Trinajstić information content (AvgIpc) is 1.97. The molecule has 0 bridgehead atoms. The second kappa shape index (κ2) is 4.90. The van der Waals surface area contributed by atoms with E-state index in [9.17, 15) is 8.42 Å². The number of likely N-dealkylation sites (N-methyl/N-ethyl adjacent to an activating group) is 1. The summed E-state index contributed by atoms with van der Waals surface area (Å²) in [6, 6.07) is 0. The van der Waals surface area contributed by atoms with Gasteiger partial charge in [0.25, 0.3) is 10.1 Å². The van der Waals surface area contributed by atoms with Crippen LogP contribution in [0.25, 0.3) is 0 Å². The summed E-state index contributed by atoms with van der Waals surface area (Å²) in [7, 11) is 1.55. The molecule has 1 N–H and O–H groups in total. The normalized spacial score (nSPS) is 13.2. The second-order valence-corrected chi connectivity index (χ2v) is 5.23. The summed E-state index contributed by atoms with van der Waals surface area (Å²) in [6.07, 6.45) is 0. The molecule has 0 aromatic rings. The Balaban J connectivity index is 3.89. The highest BCUT2D eigenvalue weighted by atomic mass is 32.2. The van der Waals surface area contributed by atoms with Crippen LogP contribution in [-0.2, 0) is 14.9 Å². The van der Waals surface area contributed by atoms with Gasteiger partial charge >= 0.3 is 0 Å². The van der Waals surface area contributed by atoms with Crippen molar-refractivity contribution in [1.29, 1.82) is 0 Å². The molecular weight excluding hydrogens is 194 g/mol. The van der Waals surface area contributed by atoms with E-state index in [-0.39, 0.29) is 5.75 Å². The van der Waals surface area contributed by atoms with Crippen molar-refractivity contribution in [2.75, 3.05) is 46.7 Å². The largest absolute Gasteiger partial charge is 0.379 e. The van der Waals surface area contributed by atoms with Crippen LogP contribution < -0.4 is 0 Å². The molecule has 0 aromatic carbocycles. The van der Waals surface area contributed by atoms with E-state index >= 15 is 0 Å². The van der Waals surface area contributed by atoms with Crippen LogP contribution >= 0.6 is 0 Å². The van der Waals surface area contributed by atoms with Crippen molar-refractivity contribution in [3.8, 4) is 0 Å². The van der Waals surface area contributed by atoms with Gasteiger partial charge in [-0.3, -0.25) is 4.55 Å². The zero-order valence-corrected chi connectivity index (χ0v) is 9.17. The highest BCUT2D eigenvalue weighted by Gasteiger charge is 2.18. The standard InChI is InChI=1S/C7H17NO4S/c1-8(2,4-6-12-3)5-7-13(9,10)11/h4-7H2,1-3H3/p+1. The molecule has 0 saturated carbocycles.